The second-order valence-corrected chi connectivity index (χ2v) is 1.26. The van der Waals surface area contributed by atoms with Crippen molar-refractivity contribution < 1.29 is 4.79 Å². The Kier molecular flexibility index (Phi) is 1.31. The van der Waals surface area contributed by atoms with Crippen LogP contribution in [0.1, 0.15) is 10.5 Å². The molecular weight excluding hydrogens is 124 g/mol. The van der Waals surface area contributed by atoms with Crippen LogP contribution in [0.25, 0.3) is 0 Å². The smallest absolute Gasteiger partial charge is 0.265 e. The summed E-state index contributed by atoms with van der Waals surface area (Å²) in [6, 6.07) is 0. The van der Waals surface area contributed by atoms with Crippen LogP contribution in [0, 0.1) is 4.91 Å². The van der Waals surface area contributed by atoms with E-state index in [2.05, 4.69) is 20.6 Å². The maximum Gasteiger partial charge on any atom is 0.338 e. The van der Waals surface area contributed by atoms with Crippen LogP contribution in [0.15, 0.2) is 11.4 Å². The second kappa shape index (κ2) is 2.12. The van der Waals surface area contributed by atoms with Gasteiger partial charge in [0.05, 0.1) is 6.20 Å². The van der Waals surface area contributed by atoms with Crippen molar-refractivity contribution in [3.63, 3.8) is 0 Å². The molecule has 0 fully saturated rings. The Bertz CT molecular complexity index is 216. The first-order chi connectivity index (χ1) is 4.34. The molecule has 0 aliphatic rings. The lowest BCUT2D eigenvalue weighted by atomic mass is 10.5. The highest BCUT2D eigenvalue weighted by molar-refractivity contribution is 5.92. The molecule has 46 valence electrons. The number of carbonyl (C=O) groups is 1. The molecule has 0 atom stereocenters. The number of nitrogens with one attached hydrogen (secondary N) is 1. The average Bonchev–Trinajstić information content (AvgIpc) is 2.37. The Balaban J connectivity index is 2.89. The number of rotatable bonds is 1. The van der Waals surface area contributed by atoms with Crippen molar-refractivity contribution in [2.75, 3.05) is 0 Å². The van der Waals surface area contributed by atoms with Crippen molar-refractivity contribution in [1.29, 1.82) is 0 Å². The van der Waals surface area contributed by atoms with E-state index in [1.54, 1.807) is 0 Å². The zero-order valence-electron chi connectivity index (χ0n) is 4.24. The normalized spacial score (nSPS) is 8.89. The predicted molar refractivity (Wildman–Crippen MR) is 26.5 cm³/mol. The van der Waals surface area contributed by atoms with Gasteiger partial charge in [-0.05, 0) is 0 Å². The number of aromatic amines is 1. The maximum absolute atomic E-state index is 10.3. The molecule has 0 saturated carbocycles. The summed E-state index contributed by atoms with van der Waals surface area (Å²) < 4.78 is 0. The Morgan fingerprint density at radius 1 is 1.78 bits per heavy atom. The summed E-state index contributed by atoms with van der Waals surface area (Å²) in [4.78, 5) is 19.8. The quantitative estimate of drug-likeness (QED) is 0.523. The van der Waals surface area contributed by atoms with Gasteiger partial charge in [0.1, 0.15) is 0 Å². The number of carbonyl (C=O) groups excluding carboxylic acids is 1. The van der Waals surface area contributed by atoms with Gasteiger partial charge < -0.3 is 0 Å². The van der Waals surface area contributed by atoms with Gasteiger partial charge in [0.15, 0.2) is 5.69 Å². The predicted octanol–water partition coefficient (Wildman–Crippen LogP) is -0.289. The van der Waals surface area contributed by atoms with E-state index in [0.29, 0.717) is 0 Å². The summed E-state index contributed by atoms with van der Waals surface area (Å²) in [7, 11) is 0. The molecule has 1 rings (SSSR count). The van der Waals surface area contributed by atoms with Gasteiger partial charge in [-0.3, -0.25) is 9.89 Å². The van der Waals surface area contributed by atoms with Gasteiger partial charge in [-0.1, -0.05) is 5.21 Å². The minimum Gasteiger partial charge on any atom is -0.265 e. The first kappa shape index (κ1) is 5.54. The standard InChI is InChI=1S/C3H2N4O2/c8-3(6-9)2-1-4-7-5-2/h1H,(H,4,5,7). The molecule has 1 aromatic rings. The number of aromatic nitrogens is 3. The molecule has 1 aromatic heterocycles. The Morgan fingerprint density at radius 3 is 3.00 bits per heavy atom. The molecule has 9 heavy (non-hydrogen) atoms. The average molecular weight is 126 g/mol. The van der Waals surface area contributed by atoms with E-state index < -0.39 is 5.91 Å². The molecule has 0 radical (unpaired) electrons. The molecule has 0 unspecified atom stereocenters. The van der Waals surface area contributed by atoms with Crippen LogP contribution in [-0.4, -0.2) is 21.3 Å². The zero-order valence-corrected chi connectivity index (χ0v) is 4.24. The van der Waals surface area contributed by atoms with Crippen molar-refractivity contribution in [2.45, 2.75) is 0 Å². The second-order valence-electron chi connectivity index (χ2n) is 1.26. The largest absolute Gasteiger partial charge is 0.338 e. The third-order valence-electron chi connectivity index (χ3n) is 0.719. The Labute approximate surface area is 49.2 Å². The number of nitrogens with zero attached hydrogens (tertiary/aromatic N) is 3. The van der Waals surface area contributed by atoms with Gasteiger partial charge in [-0.2, -0.15) is 0 Å². The van der Waals surface area contributed by atoms with Crippen molar-refractivity contribution in [2.24, 2.45) is 5.18 Å². The van der Waals surface area contributed by atoms with E-state index in [1.807, 2.05) is 0 Å². The molecular formula is C3H2N4O2. The molecule has 0 saturated heterocycles. The lowest BCUT2D eigenvalue weighted by Gasteiger charge is -1.73. The van der Waals surface area contributed by atoms with E-state index in [1.165, 1.54) is 6.20 Å². The highest BCUT2D eigenvalue weighted by atomic mass is 16.3. The molecule has 0 aliphatic carbocycles. The van der Waals surface area contributed by atoms with Crippen LogP contribution in [-0.2, 0) is 0 Å². The first-order valence-electron chi connectivity index (χ1n) is 2.08. The van der Waals surface area contributed by atoms with Gasteiger partial charge in [0, 0.05) is 5.18 Å². The summed E-state index contributed by atoms with van der Waals surface area (Å²) in [5.74, 6) is -0.913. The molecule has 1 amide bonds. The summed E-state index contributed by atoms with van der Waals surface area (Å²) in [6.07, 6.45) is 1.20. The minimum atomic E-state index is -0.913. The van der Waals surface area contributed by atoms with Crippen LogP contribution >= 0.6 is 0 Å². The van der Waals surface area contributed by atoms with Crippen molar-refractivity contribution >= 4 is 5.91 Å². The van der Waals surface area contributed by atoms with Gasteiger partial charge in [0.25, 0.3) is 0 Å². The number of nitroso groups, excluding NO2 is 1. The number of hydrogen-bond acceptors (Lipinski definition) is 4. The van der Waals surface area contributed by atoms with E-state index in [0.717, 1.165) is 0 Å². The fourth-order valence-electron chi connectivity index (χ4n) is 0.353. The number of hydrogen-bond donors (Lipinski definition) is 1. The molecule has 1 N–H and O–H groups in total. The van der Waals surface area contributed by atoms with Crippen molar-refractivity contribution in [1.82, 2.24) is 15.4 Å². The van der Waals surface area contributed by atoms with Crippen molar-refractivity contribution in [3.05, 3.63) is 16.8 Å². The van der Waals surface area contributed by atoms with Gasteiger partial charge in [0.2, 0.25) is 0 Å². The van der Waals surface area contributed by atoms with Crippen LogP contribution in [0.5, 0.6) is 0 Å². The zero-order chi connectivity index (χ0) is 6.69. The molecule has 0 aliphatic heterocycles. The molecule has 1 heterocycles. The lowest BCUT2D eigenvalue weighted by molar-refractivity contribution is 0.0996. The topological polar surface area (TPSA) is 88.1 Å². The summed E-state index contributed by atoms with van der Waals surface area (Å²) in [5.41, 5.74) is -0.0648. The fourth-order valence-corrected chi connectivity index (χ4v) is 0.353. The van der Waals surface area contributed by atoms with Crippen molar-refractivity contribution in [3.8, 4) is 0 Å². The monoisotopic (exact) mass is 126 g/mol. The third kappa shape index (κ3) is 0.958. The van der Waals surface area contributed by atoms with E-state index in [4.69, 9.17) is 0 Å². The van der Waals surface area contributed by atoms with Crippen LogP contribution in [0.3, 0.4) is 0 Å². The number of amides is 1. The molecule has 0 aromatic carbocycles. The Hall–Kier alpha value is -1.59. The van der Waals surface area contributed by atoms with E-state index in [-0.39, 0.29) is 5.69 Å². The highest BCUT2D eigenvalue weighted by Crippen LogP contribution is 1.89. The lowest BCUT2D eigenvalue weighted by Crippen LogP contribution is -1.92. The van der Waals surface area contributed by atoms with E-state index >= 15 is 0 Å². The van der Waals surface area contributed by atoms with Crippen LogP contribution in [0.2, 0.25) is 0 Å². The SMILES string of the molecule is O=NC(=O)c1c[nH]nn1. The third-order valence-corrected chi connectivity index (χ3v) is 0.719. The Morgan fingerprint density at radius 2 is 2.56 bits per heavy atom. The van der Waals surface area contributed by atoms with E-state index in [9.17, 15) is 9.70 Å². The van der Waals surface area contributed by atoms with Crippen LogP contribution < -0.4 is 0 Å². The van der Waals surface area contributed by atoms with Gasteiger partial charge >= 0.3 is 5.91 Å². The molecule has 6 nitrogen and oxygen atoms in total. The summed E-state index contributed by atoms with van der Waals surface area (Å²) >= 11 is 0. The minimum absolute atomic E-state index is 0.0648. The molecule has 0 spiro atoms. The fraction of sp³-hybridized carbons (Fsp3) is 0. The summed E-state index contributed by atoms with van der Waals surface area (Å²) in [5, 5.41) is 10.8. The highest BCUT2D eigenvalue weighted by Gasteiger charge is 2.06. The van der Waals surface area contributed by atoms with Gasteiger partial charge in [-0.25, -0.2) is 0 Å². The molecule has 6 heteroatoms. The molecule has 0 bridgehead atoms. The van der Waals surface area contributed by atoms with Crippen LogP contribution in [0.4, 0.5) is 0 Å². The first-order valence-corrected chi connectivity index (χ1v) is 2.08. The summed E-state index contributed by atoms with van der Waals surface area (Å²) in [6.45, 7) is 0. The number of H-pyrrole nitrogens is 1. The maximum atomic E-state index is 10.3. The van der Waals surface area contributed by atoms with Gasteiger partial charge in [-0.15, -0.1) is 10.0 Å².